The number of rotatable bonds is 8. The SMILES string of the molecule is CCNC(=NCc1ccnc(-n2cccn2)c1)NCCn1cnnc1CC.I. The first-order chi connectivity index (χ1) is 13.3. The van der Waals surface area contributed by atoms with Crippen molar-refractivity contribution in [1.82, 2.24) is 40.2 Å². The molecule has 0 aliphatic carbocycles. The van der Waals surface area contributed by atoms with Crippen molar-refractivity contribution in [2.24, 2.45) is 4.99 Å². The number of aliphatic imine (C=N–C) groups is 1. The Morgan fingerprint density at radius 3 is 2.86 bits per heavy atom. The fourth-order valence-electron chi connectivity index (χ4n) is 2.63. The average molecular weight is 495 g/mol. The van der Waals surface area contributed by atoms with Crippen molar-refractivity contribution in [3.8, 4) is 5.82 Å². The largest absolute Gasteiger partial charge is 0.357 e. The fraction of sp³-hybridized carbons (Fsp3) is 0.389. The number of hydrogen-bond acceptors (Lipinski definition) is 5. The third-order valence-corrected chi connectivity index (χ3v) is 3.97. The predicted molar refractivity (Wildman–Crippen MR) is 119 cm³/mol. The zero-order valence-corrected chi connectivity index (χ0v) is 18.4. The lowest BCUT2D eigenvalue weighted by Crippen LogP contribution is -2.38. The first-order valence-corrected chi connectivity index (χ1v) is 9.14. The zero-order valence-electron chi connectivity index (χ0n) is 16.1. The number of halogens is 1. The van der Waals surface area contributed by atoms with Crippen LogP contribution in [-0.2, 0) is 19.5 Å². The second kappa shape index (κ2) is 11.4. The lowest BCUT2D eigenvalue weighted by Gasteiger charge is -2.12. The van der Waals surface area contributed by atoms with Crippen molar-refractivity contribution in [3.05, 3.63) is 54.5 Å². The summed E-state index contributed by atoms with van der Waals surface area (Å²) in [5.74, 6) is 2.55. The molecule has 0 unspecified atom stereocenters. The summed E-state index contributed by atoms with van der Waals surface area (Å²) in [5.41, 5.74) is 1.07. The predicted octanol–water partition coefficient (Wildman–Crippen LogP) is 1.79. The Morgan fingerprint density at radius 2 is 2.11 bits per heavy atom. The summed E-state index contributed by atoms with van der Waals surface area (Å²) in [6, 6.07) is 5.83. The molecule has 3 aromatic rings. The number of nitrogens with one attached hydrogen (secondary N) is 2. The van der Waals surface area contributed by atoms with E-state index < -0.39 is 0 Å². The van der Waals surface area contributed by atoms with Crippen LogP contribution in [0.15, 0.2) is 48.1 Å². The maximum Gasteiger partial charge on any atom is 0.191 e. The summed E-state index contributed by atoms with van der Waals surface area (Å²) in [7, 11) is 0. The minimum Gasteiger partial charge on any atom is -0.357 e. The summed E-state index contributed by atoms with van der Waals surface area (Å²) >= 11 is 0. The molecule has 0 aliphatic rings. The Bertz CT molecular complexity index is 858. The summed E-state index contributed by atoms with van der Waals surface area (Å²) in [4.78, 5) is 9.01. The molecule has 0 bridgehead atoms. The van der Waals surface area contributed by atoms with Gasteiger partial charge in [0.05, 0.1) is 6.54 Å². The van der Waals surface area contributed by atoms with Gasteiger partial charge in [-0.05, 0) is 30.7 Å². The number of pyridine rings is 1. The monoisotopic (exact) mass is 495 g/mol. The molecular weight excluding hydrogens is 469 g/mol. The molecule has 10 heteroatoms. The fourth-order valence-corrected chi connectivity index (χ4v) is 2.63. The molecular formula is C18H26IN9. The maximum absolute atomic E-state index is 4.66. The van der Waals surface area contributed by atoms with Gasteiger partial charge in [0, 0.05) is 44.6 Å². The normalized spacial score (nSPS) is 11.1. The topological polar surface area (TPSA) is 97.8 Å². The van der Waals surface area contributed by atoms with Crippen LogP contribution >= 0.6 is 24.0 Å². The number of hydrogen-bond donors (Lipinski definition) is 2. The van der Waals surface area contributed by atoms with Crippen molar-refractivity contribution in [2.75, 3.05) is 13.1 Å². The van der Waals surface area contributed by atoms with E-state index in [9.17, 15) is 0 Å². The third-order valence-electron chi connectivity index (χ3n) is 3.97. The first kappa shape index (κ1) is 21.8. The molecule has 3 heterocycles. The van der Waals surface area contributed by atoms with Crippen molar-refractivity contribution >= 4 is 29.9 Å². The van der Waals surface area contributed by atoms with Crippen LogP contribution in [-0.4, -0.2) is 48.6 Å². The van der Waals surface area contributed by atoms with E-state index in [-0.39, 0.29) is 24.0 Å². The maximum atomic E-state index is 4.66. The molecule has 0 saturated heterocycles. The number of aryl methyl sites for hydroxylation is 1. The van der Waals surface area contributed by atoms with Gasteiger partial charge >= 0.3 is 0 Å². The lowest BCUT2D eigenvalue weighted by molar-refractivity contribution is 0.632. The Labute approximate surface area is 181 Å². The van der Waals surface area contributed by atoms with Gasteiger partial charge < -0.3 is 15.2 Å². The highest BCUT2D eigenvalue weighted by atomic mass is 127. The minimum absolute atomic E-state index is 0. The highest BCUT2D eigenvalue weighted by molar-refractivity contribution is 14.0. The smallest absolute Gasteiger partial charge is 0.191 e. The van der Waals surface area contributed by atoms with Gasteiger partial charge in [0.15, 0.2) is 11.8 Å². The van der Waals surface area contributed by atoms with Crippen LogP contribution < -0.4 is 10.6 Å². The molecule has 150 valence electrons. The number of nitrogens with zero attached hydrogens (tertiary/aromatic N) is 7. The van der Waals surface area contributed by atoms with Crippen LogP contribution in [0, 0.1) is 0 Å². The zero-order chi connectivity index (χ0) is 18.9. The quantitative estimate of drug-likeness (QED) is 0.281. The second-order valence-electron chi connectivity index (χ2n) is 5.89. The van der Waals surface area contributed by atoms with E-state index in [1.54, 1.807) is 23.4 Å². The molecule has 3 rings (SSSR count). The van der Waals surface area contributed by atoms with E-state index in [0.717, 1.165) is 49.2 Å². The molecule has 0 aliphatic heterocycles. The van der Waals surface area contributed by atoms with E-state index >= 15 is 0 Å². The molecule has 3 aromatic heterocycles. The molecule has 0 spiro atoms. The van der Waals surface area contributed by atoms with E-state index in [1.165, 1.54) is 0 Å². The van der Waals surface area contributed by atoms with E-state index in [0.29, 0.717) is 6.54 Å². The average Bonchev–Trinajstić information content (AvgIpc) is 3.38. The molecule has 28 heavy (non-hydrogen) atoms. The summed E-state index contributed by atoms with van der Waals surface area (Å²) in [6.45, 7) is 7.01. The first-order valence-electron chi connectivity index (χ1n) is 9.14. The standard InChI is InChI=1S/C18H25N9.HI/c1-3-16-25-23-14-26(16)11-9-21-18(19-4-2)22-13-15-6-8-20-17(12-15)27-10-5-7-24-27;/h5-8,10,12,14H,3-4,9,11,13H2,1-2H3,(H2,19,21,22);1H. The summed E-state index contributed by atoms with van der Waals surface area (Å²) in [5, 5.41) is 18.9. The van der Waals surface area contributed by atoms with Crippen molar-refractivity contribution < 1.29 is 0 Å². The van der Waals surface area contributed by atoms with Gasteiger partial charge in [-0.3, -0.25) is 0 Å². The van der Waals surface area contributed by atoms with Gasteiger partial charge in [0.1, 0.15) is 12.2 Å². The highest BCUT2D eigenvalue weighted by Gasteiger charge is 2.03. The van der Waals surface area contributed by atoms with Gasteiger partial charge in [-0.2, -0.15) is 5.10 Å². The number of guanidine groups is 1. The van der Waals surface area contributed by atoms with Crippen molar-refractivity contribution in [2.45, 2.75) is 33.4 Å². The number of aromatic nitrogens is 6. The third kappa shape index (κ3) is 6.01. The van der Waals surface area contributed by atoms with Crippen molar-refractivity contribution in [1.29, 1.82) is 0 Å². The van der Waals surface area contributed by atoms with Gasteiger partial charge in [-0.25, -0.2) is 14.7 Å². The lowest BCUT2D eigenvalue weighted by atomic mass is 10.2. The Hall–Kier alpha value is -2.50. The molecule has 2 N–H and O–H groups in total. The molecule has 9 nitrogen and oxygen atoms in total. The Morgan fingerprint density at radius 1 is 1.21 bits per heavy atom. The Balaban J connectivity index is 0.00000280. The summed E-state index contributed by atoms with van der Waals surface area (Å²) < 4.78 is 3.79. The molecule has 0 saturated carbocycles. The van der Waals surface area contributed by atoms with Gasteiger partial charge in [0.2, 0.25) is 0 Å². The van der Waals surface area contributed by atoms with E-state index in [1.807, 2.05) is 24.4 Å². The molecule has 0 aromatic carbocycles. The highest BCUT2D eigenvalue weighted by Crippen LogP contribution is 2.07. The molecule has 0 amide bonds. The molecule has 0 fully saturated rings. The van der Waals surface area contributed by atoms with Crippen LogP contribution in [0.1, 0.15) is 25.2 Å². The van der Waals surface area contributed by atoms with Crippen molar-refractivity contribution in [3.63, 3.8) is 0 Å². The van der Waals surface area contributed by atoms with Gasteiger partial charge in [-0.1, -0.05) is 6.92 Å². The van der Waals surface area contributed by atoms with Crippen LogP contribution in [0.25, 0.3) is 5.82 Å². The van der Waals surface area contributed by atoms with Crippen LogP contribution in [0.4, 0.5) is 0 Å². The van der Waals surface area contributed by atoms with Crippen LogP contribution in [0.2, 0.25) is 0 Å². The van der Waals surface area contributed by atoms with E-state index in [2.05, 4.69) is 54.3 Å². The summed E-state index contributed by atoms with van der Waals surface area (Å²) in [6.07, 6.45) is 8.02. The van der Waals surface area contributed by atoms with Crippen LogP contribution in [0.5, 0.6) is 0 Å². The molecule has 0 atom stereocenters. The molecule has 0 radical (unpaired) electrons. The van der Waals surface area contributed by atoms with Crippen LogP contribution in [0.3, 0.4) is 0 Å². The van der Waals surface area contributed by atoms with Gasteiger partial charge in [0.25, 0.3) is 0 Å². The minimum atomic E-state index is 0. The Kier molecular flexibility index (Phi) is 8.85. The second-order valence-corrected chi connectivity index (χ2v) is 5.89. The van der Waals surface area contributed by atoms with Gasteiger partial charge in [-0.15, -0.1) is 34.2 Å². The van der Waals surface area contributed by atoms with E-state index in [4.69, 9.17) is 0 Å².